The Kier molecular flexibility index (Phi) is 6.12. The minimum atomic E-state index is -0.0503. The highest BCUT2D eigenvalue weighted by atomic mass is 35.5. The van der Waals surface area contributed by atoms with E-state index in [4.69, 9.17) is 16.9 Å². The lowest BCUT2D eigenvalue weighted by molar-refractivity contribution is -0.116. The molecule has 108 valence electrons. The molecular weight excluding hydrogens is 324 g/mol. The van der Waals surface area contributed by atoms with Crippen LogP contribution in [0.5, 0.6) is 0 Å². The Hall–Kier alpha value is -1.48. The van der Waals surface area contributed by atoms with Crippen LogP contribution >= 0.6 is 34.7 Å². The molecule has 0 fully saturated rings. The number of anilines is 1. The van der Waals surface area contributed by atoms with E-state index >= 15 is 0 Å². The van der Waals surface area contributed by atoms with Crippen LogP contribution in [-0.2, 0) is 4.79 Å². The molecule has 0 bridgehead atoms. The Balaban J connectivity index is 1.70. The van der Waals surface area contributed by atoms with Crippen LogP contribution in [0.4, 0.5) is 5.00 Å². The lowest BCUT2D eigenvalue weighted by atomic mass is 10.3. The standard InChI is InChI=1S/C15H13ClN2OS2/c16-12-3-5-13(6-4-12)20-8-1-2-14(19)18-15-11(10-17)7-9-21-15/h3-7,9H,1-2,8H2,(H,18,19). The van der Waals surface area contributed by atoms with Gasteiger partial charge in [0.2, 0.25) is 5.91 Å². The lowest BCUT2D eigenvalue weighted by Gasteiger charge is -2.04. The summed E-state index contributed by atoms with van der Waals surface area (Å²) in [5.41, 5.74) is 0.517. The van der Waals surface area contributed by atoms with Crippen molar-refractivity contribution in [3.8, 4) is 6.07 Å². The van der Waals surface area contributed by atoms with Crippen molar-refractivity contribution in [3.63, 3.8) is 0 Å². The van der Waals surface area contributed by atoms with Crippen LogP contribution in [0.3, 0.4) is 0 Å². The fourth-order valence-corrected chi connectivity index (χ4v) is 3.37. The minimum Gasteiger partial charge on any atom is -0.317 e. The number of thioether (sulfide) groups is 1. The van der Waals surface area contributed by atoms with Crippen LogP contribution in [0.25, 0.3) is 0 Å². The molecule has 0 aliphatic heterocycles. The molecule has 6 heteroatoms. The maximum atomic E-state index is 11.8. The highest BCUT2D eigenvalue weighted by molar-refractivity contribution is 7.99. The number of benzene rings is 1. The summed E-state index contributed by atoms with van der Waals surface area (Å²) in [4.78, 5) is 12.9. The number of halogens is 1. The number of amides is 1. The summed E-state index contributed by atoms with van der Waals surface area (Å²) in [6.07, 6.45) is 1.23. The number of hydrogen-bond donors (Lipinski definition) is 1. The molecule has 0 unspecified atom stereocenters. The van der Waals surface area contributed by atoms with Crippen LogP contribution in [-0.4, -0.2) is 11.7 Å². The number of thiophene rings is 1. The molecule has 2 rings (SSSR count). The monoisotopic (exact) mass is 336 g/mol. The zero-order valence-electron chi connectivity index (χ0n) is 11.1. The van der Waals surface area contributed by atoms with Crippen molar-refractivity contribution in [2.75, 3.05) is 11.1 Å². The molecule has 0 spiro atoms. The highest BCUT2D eigenvalue weighted by Crippen LogP contribution is 2.23. The smallest absolute Gasteiger partial charge is 0.225 e. The molecule has 0 radical (unpaired) electrons. The van der Waals surface area contributed by atoms with Crippen molar-refractivity contribution in [3.05, 3.63) is 46.3 Å². The van der Waals surface area contributed by atoms with Gasteiger partial charge < -0.3 is 5.32 Å². The molecule has 0 aliphatic carbocycles. The summed E-state index contributed by atoms with van der Waals surface area (Å²) in [5, 5.41) is 14.8. The van der Waals surface area contributed by atoms with Gasteiger partial charge in [0.05, 0.1) is 5.56 Å². The van der Waals surface area contributed by atoms with Gasteiger partial charge in [0.1, 0.15) is 11.1 Å². The first-order valence-electron chi connectivity index (χ1n) is 6.35. The maximum Gasteiger partial charge on any atom is 0.225 e. The summed E-state index contributed by atoms with van der Waals surface area (Å²) in [6.45, 7) is 0. The third-order valence-electron chi connectivity index (χ3n) is 2.67. The van der Waals surface area contributed by atoms with Crippen molar-refractivity contribution in [1.29, 1.82) is 5.26 Å². The first kappa shape index (κ1) is 15.9. The third kappa shape index (κ3) is 5.09. The van der Waals surface area contributed by atoms with Gasteiger partial charge in [-0.25, -0.2) is 0 Å². The van der Waals surface area contributed by atoms with Crippen molar-refractivity contribution >= 4 is 45.6 Å². The lowest BCUT2D eigenvalue weighted by Crippen LogP contribution is -2.11. The number of nitrogens with zero attached hydrogens (tertiary/aromatic N) is 1. The van der Waals surface area contributed by atoms with Gasteiger partial charge in [0, 0.05) is 16.3 Å². The Bertz CT molecular complexity index is 646. The highest BCUT2D eigenvalue weighted by Gasteiger charge is 2.07. The predicted molar refractivity (Wildman–Crippen MR) is 89.1 cm³/mol. The zero-order valence-corrected chi connectivity index (χ0v) is 13.5. The fraction of sp³-hybridized carbons (Fsp3) is 0.200. The van der Waals surface area contributed by atoms with Crippen molar-refractivity contribution in [2.45, 2.75) is 17.7 Å². The molecule has 3 nitrogen and oxygen atoms in total. The van der Waals surface area contributed by atoms with E-state index < -0.39 is 0 Å². The summed E-state index contributed by atoms with van der Waals surface area (Å²) in [5.74, 6) is 0.815. The molecular formula is C15H13ClN2OS2. The number of carbonyl (C=O) groups excluding carboxylic acids is 1. The molecule has 1 aromatic heterocycles. The Morgan fingerprint density at radius 1 is 1.33 bits per heavy atom. The second kappa shape index (κ2) is 8.08. The van der Waals surface area contributed by atoms with E-state index in [2.05, 4.69) is 11.4 Å². The maximum absolute atomic E-state index is 11.8. The van der Waals surface area contributed by atoms with E-state index in [9.17, 15) is 4.79 Å². The molecule has 1 amide bonds. The molecule has 1 N–H and O–H groups in total. The van der Waals surface area contributed by atoms with Crippen LogP contribution in [0.2, 0.25) is 5.02 Å². The first-order chi connectivity index (χ1) is 10.2. The van der Waals surface area contributed by atoms with Gasteiger partial charge in [-0.15, -0.1) is 23.1 Å². The Labute approximate surface area is 136 Å². The largest absolute Gasteiger partial charge is 0.317 e. The predicted octanol–water partition coefficient (Wildman–Crippen LogP) is 4.78. The Morgan fingerprint density at radius 2 is 2.10 bits per heavy atom. The Morgan fingerprint density at radius 3 is 2.81 bits per heavy atom. The molecule has 0 saturated carbocycles. The van der Waals surface area contributed by atoms with Crippen LogP contribution < -0.4 is 5.32 Å². The first-order valence-corrected chi connectivity index (χ1v) is 8.59. The minimum absolute atomic E-state index is 0.0503. The summed E-state index contributed by atoms with van der Waals surface area (Å²) >= 11 is 8.89. The van der Waals surface area contributed by atoms with Gasteiger partial charge in [-0.3, -0.25) is 4.79 Å². The van der Waals surface area contributed by atoms with Crippen molar-refractivity contribution in [1.82, 2.24) is 0 Å². The molecule has 1 heterocycles. The molecule has 0 aliphatic rings. The van der Waals surface area contributed by atoms with E-state index in [1.165, 1.54) is 11.3 Å². The second-order valence-electron chi connectivity index (χ2n) is 4.23. The number of rotatable bonds is 6. The van der Waals surface area contributed by atoms with E-state index in [1.54, 1.807) is 23.2 Å². The van der Waals surface area contributed by atoms with Crippen LogP contribution in [0, 0.1) is 11.3 Å². The number of nitriles is 1. The molecule has 2 aromatic rings. The average Bonchev–Trinajstić information content (AvgIpc) is 2.92. The van der Waals surface area contributed by atoms with E-state index in [0.29, 0.717) is 17.0 Å². The molecule has 1 aromatic carbocycles. The molecule has 21 heavy (non-hydrogen) atoms. The van der Waals surface area contributed by atoms with Gasteiger partial charge in [0.25, 0.3) is 0 Å². The summed E-state index contributed by atoms with van der Waals surface area (Å²) < 4.78 is 0. The molecule has 0 saturated heterocycles. The van der Waals surface area contributed by atoms with Crippen molar-refractivity contribution in [2.24, 2.45) is 0 Å². The fourth-order valence-electron chi connectivity index (χ4n) is 1.64. The van der Waals surface area contributed by atoms with E-state index in [-0.39, 0.29) is 5.91 Å². The van der Waals surface area contributed by atoms with Crippen molar-refractivity contribution < 1.29 is 4.79 Å². The normalized spacial score (nSPS) is 10.1. The van der Waals surface area contributed by atoms with Gasteiger partial charge >= 0.3 is 0 Å². The van der Waals surface area contributed by atoms with Gasteiger partial charge in [-0.2, -0.15) is 5.26 Å². The van der Waals surface area contributed by atoms with Crippen LogP contribution in [0.15, 0.2) is 40.6 Å². The second-order valence-corrected chi connectivity index (χ2v) is 6.75. The molecule has 0 atom stereocenters. The topological polar surface area (TPSA) is 52.9 Å². The SMILES string of the molecule is N#Cc1ccsc1NC(=O)CCCSc1ccc(Cl)cc1. The van der Waals surface area contributed by atoms with Gasteiger partial charge in [-0.1, -0.05) is 11.6 Å². The number of nitrogens with one attached hydrogen (secondary N) is 1. The zero-order chi connectivity index (χ0) is 15.1. The van der Waals surface area contributed by atoms with E-state index in [0.717, 1.165) is 22.1 Å². The van der Waals surface area contributed by atoms with E-state index in [1.807, 2.05) is 24.3 Å². The summed E-state index contributed by atoms with van der Waals surface area (Å²) in [6, 6.07) is 11.4. The average molecular weight is 337 g/mol. The number of hydrogen-bond acceptors (Lipinski definition) is 4. The van der Waals surface area contributed by atoms with Gasteiger partial charge in [-0.05, 0) is 47.9 Å². The number of carbonyl (C=O) groups is 1. The van der Waals surface area contributed by atoms with Crippen LogP contribution in [0.1, 0.15) is 18.4 Å². The van der Waals surface area contributed by atoms with Gasteiger partial charge in [0.15, 0.2) is 0 Å². The summed E-state index contributed by atoms with van der Waals surface area (Å²) in [7, 11) is 0. The third-order valence-corrected chi connectivity index (χ3v) is 4.85. The quantitative estimate of drug-likeness (QED) is 0.609.